The molecule has 0 aliphatic rings. The number of ether oxygens (including phenoxy) is 3. The number of aromatic carboxylic acids is 1. The van der Waals surface area contributed by atoms with E-state index >= 15 is 0 Å². The van der Waals surface area contributed by atoms with Crippen molar-refractivity contribution in [3.63, 3.8) is 0 Å². The first kappa shape index (κ1) is 34.6. The Labute approximate surface area is 276 Å². The van der Waals surface area contributed by atoms with Gasteiger partial charge < -0.3 is 44.1 Å². The van der Waals surface area contributed by atoms with E-state index in [1.165, 1.54) is 4.90 Å². The number of nitrogens with zero attached hydrogens (tertiary/aromatic N) is 2. The Morgan fingerprint density at radius 3 is 1.54 bits per heavy atom. The van der Waals surface area contributed by atoms with Gasteiger partial charge >= 0.3 is 5.97 Å². The molecule has 6 aromatic rings. The number of aromatic amines is 3. The van der Waals surface area contributed by atoms with Crippen molar-refractivity contribution in [2.45, 2.75) is 0 Å². The summed E-state index contributed by atoms with van der Waals surface area (Å²) >= 11 is 0. The van der Waals surface area contributed by atoms with Gasteiger partial charge in [0.1, 0.15) is 34.3 Å². The maximum absolute atomic E-state index is 12.0. The Morgan fingerprint density at radius 1 is 0.625 bits per heavy atom. The zero-order valence-electron chi connectivity index (χ0n) is 27.6. The first-order valence-corrected chi connectivity index (χ1v) is 14.6. The number of benzene rings is 3. The zero-order chi connectivity index (χ0) is 35.1. The highest BCUT2D eigenvalue weighted by Gasteiger charge is 2.19. The number of rotatable bonds is 7. The van der Waals surface area contributed by atoms with Crippen LogP contribution < -0.4 is 14.2 Å². The molecule has 13 nitrogen and oxygen atoms in total. The van der Waals surface area contributed by atoms with Crippen molar-refractivity contribution in [2.75, 3.05) is 49.5 Å². The normalized spacial score (nSPS) is 10.4. The topological polar surface area (TPSA) is 170 Å². The van der Waals surface area contributed by atoms with E-state index in [9.17, 15) is 19.2 Å². The molecule has 0 radical (unpaired) electrons. The number of carbonyl (C=O) groups is 4. The van der Waals surface area contributed by atoms with Gasteiger partial charge in [-0.25, -0.2) is 4.79 Å². The molecule has 3 heterocycles. The van der Waals surface area contributed by atoms with E-state index in [0.29, 0.717) is 40.1 Å². The average Bonchev–Trinajstić information content (AvgIpc) is 3.81. The molecule has 3 aromatic carbocycles. The Bertz CT molecular complexity index is 2100. The minimum Gasteiger partial charge on any atom is -0.497 e. The molecule has 0 unspecified atom stereocenters. The summed E-state index contributed by atoms with van der Waals surface area (Å²) in [4.78, 5) is 57.4. The molecule has 0 bridgehead atoms. The quantitative estimate of drug-likeness (QED) is 0.165. The van der Waals surface area contributed by atoms with Gasteiger partial charge in [0.05, 0.1) is 26.9 Å². The third kappa shape index (κ3) is 7.58. The molecule has 4 N–H and O–H groups in total. The molecule has 2 amide bonds. The Balaban J connectivity index is 0.000000164. The van der Waals surface area contributed by atoms with E-state index in [-0.39, 0.29) is 17.5 Å². The number of carboxylic acid groups (broad SMARTS) is 1. The van der Waals surface area contributed by atoms with Gasteiger partial charge in [-0.15, -0.1) is 0 Å². The van der Waals surface area contributed by atoms with Crippen molar-refractivity contribution in [3.8, 4) is 17.2 Å². The summed E-state index contributed by atoms with van der Waals surface area (Å²) in [5.41, 5.74) is 3.92. The van der Waals surface area contributed by atoms with Crippen LogP contribution in [0.25, 0.3) is 32.7 Å². The fourth-order valence-corrected chi connectivity index (χ4v) is 4.78. The summed E-state index contributed by atoms with van der Waals surface area (Å²) in [6, 6.07) is 19.7. The molecule has 0 aliphatic heterocycles. The van der Waals surface area contributed by atoms with Crippen LogP contribution in [0.4, 0.5) is 0 Å². The molecule has 0 fully saturated rings. The SMILES string of the molecule is COc1ccc2[nH]c(C(=O)N(C)C)c(C=O)c2c1.COc1ccc2[nH]c(C(=O)N(C)C)cc2c1.COc1ccc2[nH]c(C(=O)O)cc2c1. The zero-order valence-corrected chi connectivity index (χ0v) is 27.6. The van der Waals surface area contributed by atoms with Crippen LogP contribution >= 0.6 is 0 Å². The van der Waals surface area contributed by atoms with E-state index in [1.807, 2.05) is 24.3 Å². The molecule has 0 saturated heterocycles. The fourth-order valence-electron chi connectivity index (χ4n) is 4.78. The molecule has 6 rings (SSSR count). The van der Waals surface area contributed by atoms with Crippen molar-refractivity contribution in [1.82, 2.24) is 24.8 Å². The molecule has 0 spiro atoms. The number of nitrogens with one attached hydrogen (secondary N) is 3. The first-order chi connectivity index (χ1) is 22.9. The number of H-pyrrole nitrogens is 3. The molecule has 3 aromatic heterocycles. The molecule has 13 heteroatoms. The molecule has 0 aliphatic carbocycles. The summed E-state index contributed by atoms with van der Waals surface area (Å²) in [7, 11) is 11.5. The highest BCUT2D eigenvalue weighted by Crippen LogP contribution is 2.26. The average molecular weight is 656 g/mol. The lowest BCUT2D eigenvalue weighted by Gasteiger charge is -2.08. The first-order valence-electron chi connectivity index (χ1n) is 14.6. The number of hydrogen-bond acceptors (Lipinski definition) is 7. The van der Waals surface area contributed by atoms with Crippen LogP contribution in [0, 0.1) is 0 Å². The maximum Gasteiger partial charge on any atom is 0.352 e. The lowest BCUT2D eigenvalue weighted by atomic mass is 10.1. The predicted molar refractivity (Wildman–Crippen MR) is 183 cm³/mol. The highest BCUT2D eigenvalue weighted by atomic mass is 16.5. The number of methoxy groups -OCH3 is 3. The number of carboxylic acids is 1. The van der Waals surface area contributed by atoms with Gasteiger partial charge in [-0.2, -0.15) is 0 Å². The largest absolute Gasteiger partial charge is 0.497 e. The van der Waals surface area contributed by atoms with Crippen molar-refractivity contribution in [3.05, 3.63) is 89.4 Å². The van der Waals surface area contributed by atoms with Crippen molar-refractivity contribution in [2.24, 2.45) is 0 Å². The van der Waals surface area contributed by atoms with Crippen molar-refractivity contribution in [1.29, 1.82) is 0 Å². The molecular formula is C35H37N5O8. The van der Waals surface area contributed by atoms with Crippen LogP contribution in [0.2, 0.25) is 0 Å². The van der Waals surface area contributed by atoms with E-state index in [1.54, 1.807) is 96.9 Å². The summed E-state index contributed by atoms with van der Waals surface area (Å²) in [5.74, 6) is 0.930. The number of amides is 2. The van der Waals surface area contributed by atoms with Gasteiger partial charge in [-0.05, 0) is 66.7 Å². The van der Waals surface area contributed by atoms with Crippen LogP contribution in [0.1, 0.15) is 41.8 Å². The molecular weight excluding hydrogens is 618 g/mol. The van der Waals surface area contributed by atoms with Crippen molar-refractivity contribution >= 4 is 56.8 Å². The van der Waals surface area contributed by atoms with Gasteiger partial charge in [-0.3, -0.25) is 14.4 Å². The lowest BCUT2D eigenvalue weighted by Crippen LogP contribution is -2.23. The second kappa shape index (κ2) is 14.9. The van der Waals surface area contributed by atoms with Gasteiger partial charge in [0, 0.05) is 60.9 Å². The van der Waals surface area contributed by atoms with Gasteiger partial charge in [0.2, 0.25) is 0 Å². The van der Waals surface area contributed by atoms with E-state index < -0.39 is 5.97 Å². The summed E-state index contributed by atoms with van der Waals surface area (Å²) in [5, 5.41) is 11.3. The Hall–Kier alpha value is -6.24. The summed E-state index contributed by atoms with van der Waals surface area (Å²) < 4.78 is 15.3. The number of carbonyl (C=O) groups excluding carboxylic acids is 3. The van der Waals surface area contributed by atoms with Gasteiger partial charge in [0.25, 0.3) is 11.8 Å². The third-order valence-electron chi connectivity index (χ3n) is 7.31. The standard InChI is InChI=1S/C13H14N2O3.C12H14N2O2.C10H9NO3/c1-15(2)13(17)12-10(7-16)9-6-8(18-3)4-5-11(9)14-12;1-14(2)12(15)11-7-8-6-9(16-3)4-5-10(8)13-11;1-14-7-2-3-8-6(4-7)5-9(11-8)10(12)13/h4-7,14H,1-3H3;4-7,13H,1-3H3;2-5,11H,1H3,(H,12,13). The van der Waals surface area contributed by atoms with Crippen LogP contribution in [0.3, 0.4) is 0 Å². The third-order valence-corrected chi connectivity index (χ3v) is 7.31. The van der Waals surface area contributed by atoms with Gasteiger partial charge in [-0.1, -0.05) is 0 Å². The van der Waals surface area contributed by atoms with Crippen LogP contribution in [-0.2, 0) is 0 Å². The molecule has 250 valence electrons. The predicted octanol–water partition coefficient (Wildman–Crippen LogP) is 5.44. The smallest absolute Gasteiger partial charge is 0.352 e. The molecule has 0 atom stereocenters. The summed E-state index contributed by atoms with van der Waals surface area (Å²) in [6.07, 6.45) is 0.689. The van der Waals surface area contributed by atoms with E-state index in [2.05, 4.69) is 15.0 Å². The Morgan fingerprint density at radius 2 is 1.08 bits per heavy atom. The highest BCUT2D eigenvalue weighted by molar-refractivity contribution is 6.09. The number of hydrogen-bond donors (Lipinski definition) is 4. The van der Waals surface area contributed by atoms with E-state index in [0.717, 1.165) is 33.1 Å². The summed E-state index contributed by atoms with van der Waals surface area (Å²) in [6.45, 7) is 0. The maximum atomic E-state index is 12.0. The van der Waals surface area contributed by atoms with Crippen molar-refractivity contribution < 1.29 is 38.5 Å². The number of aldehydes is 1. The lowest BCUT2D eigenvalue weighted by molar-refractivity contribution is 0.0690. The minimum atomic E-state index is -0.958. The van der Waals surface area contributed by atoms with E-state index in [4.69, 9.17) is 19.3 Å². The van der Waals surface area contributed by atoms with Crippen LogP contribution in [0.15, 0.2) is 66.7 Å². The van der Waals surface area contributed by atoms with Crippen LogP contribution in [-0.4, -0.2) is 103 Å². The van der Waals surface area contributed by atoms with Crippen LogP contribution in [0.5, 0.6) is 17.2 Å². The number of aromatic nitrogens is 3. The Kier molecular flexibility index (Phi) is 10.8. The number of fused-ring (bicyclic) bond motifs is 3. The monoisotopic (exact) mass is 655 g/mol. The molecule has 48 heavy (non-hydrogen) atoms. The fraction of sp³-hybridized carbons (Fsp3) is 0.200. The van der Waals surface area contributed by atoms with Gasteiger partial charge in [0.15, 0.2) is 6.29 Å². The minimum absolute atomic E-state index is 0.0323. The molecule has 0 saturated carbocycles. The second-order valence-electron chi connectivity index (χ2n) is 10.9. The second-order valence-corrected chi connectivity index (χ2v) is 10.9.